The maximum absolute atomic E-state index is 10.4. The standard InChI is InChI=1S/C11H7ClN2O/c12-10-3-1-9(2-4-10)11-13-5-8(7-15)6-14-11/h1-7H. The van der Waals surface area contributed by atoms with Crippen LogP contribution in [0.2, 0.25) is 5.02 Å². The Morgan fingerprint density at radius 3 is 2.20 bits per heavy atom. The first-order valence-corrected chi connectivity index (χ1v) is 4.70. The minimum absolute atomic E-state index is 0.465. The second-order valence-corrected chi connectivity index (χ2v) is 3.40. The Morgan fingerprint density at radius 1 is 1.07 bits per heavy atom. The molecule has 1 heterocycles. The third-order valence-corrected chi connectivity index (χ3v) is 2.16. The highest BCUT2D eigenvalue weighted by atomic mass is 35.5. The first-order chi connectivity index (χ1) is 7.29. The minimum atomic E-state index is 0.465. The van der Waals surface area contributed by atoms with Gasteiger partial charge in [-0.05, 0) is 24.3 Å². The number of rotatable bonds is 2. The van der Waals surface area contributed by atoms with Crippen molar-refractivity contribution >= 4 is 17.9 Å². The Hall–Kier alpha value is -1.74. The lowest BCUT2D eigenvalue weighted by Crippen LogP contribution is -1.90. The Balaban J connectivity index is 2.37. The fraction of sp³-hybridized carbons (Fsp3) is 0. The summed E-state index contributed by atoms with van der Waals surface area (Å²) in [5.74, 6) is 0.581. The van der Waals surface area contributed by atoms with Gasteiger partial charge in [0, 0.05) is 23.0 Å². The third kappa shape index (κ3) is 2.19. The monoisotopic (exact) mass is 218 g/mol. The van der Waals surface area contributed by atoms with E-state index in [1.807, 2.05) is 12.1 Å². The molecule has 0 bridgehead atoms. The minimum Gasteiger partial charge on any atom is -0.298 e. The number of carbonyl (C=O) groups is 1. The number of aromatic nitrogens is 2. The normalized spacial score (nSPS) is 9.93. The van der Waals surface area contributed by atoms with Gasteiger partial charge >= 0.3 is 0 Å². The summed E-state index contributed by atoms with van der Waals surface area (Å²) in [4.78, 5) is 18.5. The number of halogens is 1. The van der Waals surface area contributed by atoms with E-state index >= 15 is 0 Å². The van der Waals surface area contributed by atoms with E-state index in [2.05, 4.69) is 9.97 Å². The van der Waals surface area contributed by atoms with Crippen molar-refractivity contribution in [3.63, 3.8) is 0 Å². The Morgan fingerprint density at radius 2 is 1.67 bits per heavy atom. The van der Waals surface area contributed by atoms with Gasteiger partial charge in [0.1, 0.15) is 0 Å². The van der Waals surface area contributed by atoms with E-state index in [9.17, 15) is 4.79 Å². The molecule has 0 aliphatic heterocycles. The van der Waals surface area contributed by atoms with Gasteiger partial charge in [0.2, 0.25) is 0 Å². The zero-order valence-electron chi connectivity index (χ0n) is 7.72. The molecule has 74 valence electrons. The summed E-state index contributed by atoms with van der Waals surface area (Å²) in [5.41, 5.74) is 1.34. The van der Waals surface area contributed by atoms with Gasteiger partial charge in [-0.15, -0.1) is 0 Å². The molecule has 2 rings (SSSR count). The van der Waals surface area contributed by atoms with Gasteiger partial charge in [-0.3, -0.25) is 4.79 Å². The van der Waals surface area contributed by atoms with Crippen LogP contribution in [0.3, 0.4) is 0 Å². The zero-order chi connectivity index (χ0) is 10.7. The van der Waals surface area contributed by atoms with Crippen LogP contribution in [0.5, 0.6) is 0 Å². The molecule has 4 heteroatoms. The smallest absolute Gasteiger partial charge is 0.159 e. The first-order valence-electron chi connectivity index (χ1n) is 4.33. The molecule has 0 saturated heterocycles. The van der Waals surface area contributed by atoms with Crippen molar-refractivity contribution in [3.05, 3.63) is 47.2 Å². The van der Waals surface area contributed by atoms with Crippen molar-refractivity contribution in [2.75, 3.05) is 0 Å². The fourth-order valence-corrected chi connectivity index (χ4v) is 1.27. The molecular weight excluding hydrogens is 212 g/mol. The van der Waals surface area contributed by atoms with Crippen molar-refractivity contribution in [1.82, 2.24) is 9.97 Å². The van der Waals surface area contributed by atoms with Gasteiger partial charge in [0.25, 0.3) is 0 Å². The van der Waals surface area contributed by atoms with Gasteiger partial charge < -0.3 is 0 Å². The van der Waals surface area contributed by atoms with E-state index in [0.29, 0.717) is 22.7 Å². The quantitative estimate of drug-likeness (QED) is 0.728. The number of benzene rings is 1. The summed E-state index contributed by atoms with van der Waals surface area (Å²) in [6.07, 6.45) is 3.69. The fourth-order valence-electron chi connectivity index (χ4n) is 1.15. The molecule has 0 unspecified atom stereocenters. The molecule has 3 nitrogen and oxygen atoms in total. The molecule has 0 atom stereocenters. The predicted molar refractivity (Wildman–Crippen MR) is 57.9 cm³/mol. The SMILES string of the molecule is O=Cc1cnc(-c2ccc(Cl)cc2)nc1. The summed E-state index contributed by atoms with van der Waals surface area (Å²) in [6, 6.07) is 7.21. The maximum atomic E-state index is 10.4. The number of hydrogen-bond donors (Lipinski definition) is 0. The lowest BCUT2D eigenvalue weighted by Gasteiger charge is -1.99. The average molecular weight is 219 g/mol. The predicted octanol–water partition coefficient (Wildman–Crippen LogP) is 2.61. The largest absolute Gasteiger partial charge is 0.298 e. The summed E-state index contributed by atoms with van der Waals surface area (Å²) >= 11 is 5.76. The second-order valence-electron chi connectivity index (χ2n) is 2.96. The summed E-state index contributed by atoms with van der Waals surface area (Å²) in [5, 5.41) is 0.670. The van der Waals surface area contributed by atoms with Gasteiger partial charge in [-0.2, -0.15) is 0 Å². The number of nitrogens with zero attached hydrogens (tertiary/aromatic N) is 2. The van der Waals surface area contributed by atoms with Crippen LogP contribution in [0.15, 0.2) is 36.7 Å². The highest BCUT2D eigenvalue weighted by Crippen LogP contribution is 2.17. The molecule has 0 N–H and O–H groups in total. The van der Waals surface area contributed by atoms with Gasteiger partial charge in [0.05, 0.1) is 5.56 Å². The highest BCUT2D eigenvalue weighted by Gasteiger charge is 2.00. The maximum Gasteiger partial charge on any atom is 0.159 e. The highest BCUT2D eigenvalue weighted by molar-refractivity contribution is 6.30. The van der Waals surface area contributed by atoms with Crippen LogP contribution >= 0.6 is 11.6 Å². The van der Waals surface area contributed by atoms with Crippen molar-refractivity contribution < 1.29 is 4.79 Å². The van der Waals surface area contributed by atoms with Crippen LogP contribution in [-0.2, 0) is 0 Å². The number of aldehydes is 1. The van der Waals surface area contributed by atoms with E-state index in [1.165, 1.54) is 12.4 Å². The molecular formula is C11H7ClN2O. The first kappa shape index (κ1) is 9.80. The van der Waals surface area contributed by atoms with Crippen molar-refractivity contribution in [2.24, 2.45) is 0 Å². The number of hydrogen-bond acceptors (Lipinski definition) is 3. The van der Waals surface area contributed by atoms with E-state index in [1.54, 1.807) is 12.1 Å². The Kier molecular flexibility index (Phi) is 2.74. The van der Waals surface area contributed by atoms with Crippen LogP contribution in [-0.4, -0.2) is 16.3 Å². The van der Waals surface area contributed by atoms with E-state index in [0.717, 1.165) is 5.56 Å². The van der Waals surface area contributed by atoms with Crippen molar-refractivity contribution in [3.8, 4) is 11.4 Å². The molecule has 0 radical (unpaired) electrons. The molecule has 1 aromatic heterocycles. The average Bonchev–Trinajstić information content (AvgIpc) is 2.30. The molecule has 0 spiro atoms. The van der Waals surface area contributed by atoms with E-state index < -0.39 is 0 Å². The Labute approximate surface area is 91.8 Å². The van der Waals surface area contributed by atoms with E-state index in [4.69, 9.17) is 11.6 Å². The molecule has 0 aliphatic rings. The topological polar surface area (TPSA) is 42.9 Å². The van der Waals surface area contributed by atoms with Crippen LogP contribution in [0, 0.1) is 0 Å². The number of carbonyl (C=O) groups excluding carboxylic acids is 1. The molecule has 0 saturated carbocycles. The van der Waals surface area contributed by atoms with Gasteiger partial charge in [-0.1, -0.05) is 11.6 Å². The lowest BCUT2D eigenvalue weighted by molar-refractivity contribution is 0.112. The van der Waals surface area contributed by atoms with Crippen LogP contribution in [0.4, 0.5) is 0 Å². The third-order valence-electron chi connectivity index (χ3n) is 1.91. The van der Waals surface area contributed by atoms with Crippen molar-refractivity contribution in [2.45, 2.75) is 0 Å². The molecule has 15 heavy (non-hydrogen) atoms. The molecule has 0 fully saturated rings. The lowest BCUT2D eigenvalue weighted by atomic mass is 10.2. The Bertz CT molecular complexity index is 465. The molecule has 0 aliphatic carbocycles. The van der Waals surface area contributed by atoms with Gasteiger partial charge in [0.15, 0.2) is 12.1 Å². The summed E-state index contributed by atoms with van der Waals surface area (Å²) in [7, 11) is 0. The van der Waals surface area contributed by atoms with Crippen LogP contribution in [0.25, 0.3) is 11.4 Å². The zero-order valence-corrected chi connectivity index (χ0v) is 8.48. The molecule has 0 amide bonds. The molecule has 2 aromatic rings. The summed E-state index contributed by atoms with van der Waals surface area (Å²) < 4.78 is 0. The molecule has 1 aromatic carbocycles. The second kappa shape index (κ2) is 4.19. The van der Waals surface area contributed by atoms with Crippen LogP contribution < -0.4 is 0 Å². The van der Waals surface area contributed by atoms with Crippen molar-refractivity contribution in [1.29, 1.82) is 0 Å². The van der Waals surface area contributed by atoms with Gasteiger partial charge in [-0.25, -0.2) is 9.97 Å². The van der Waals surface area contributed by atoms with E-state index in [-0.39, 0.29) is 0 Å². The van der Waals surface area contributed by atoms with Crippen LogP contribution in [0.1, 0.15) is 10.4 Å². The summed E-state index contributed by atoms with van der Waals surface area (Å²) in [6.45, 7) is 0.